The molecule has 1 aliphatic heterocycles. The van der Waals surface area contributed by atoms with E-state index in [-0.39, 0.29) is 28.4 Å². The van der Waals surface area contributed by atoms with Crippen molar-refractivity contribution >= 4 is 17.2 Å². The first-order valence-electron chi connectivity index (χ1n) is 7.50. The second kappa shape index (κ2) is 5.50. The summed E-state index contributed by atoms with van der Waals surface area (Å²) in [4.78, 5) is 25.1. The predicted molar refractivity (Wildman–Crippen MR) is 89.1 cm³/mol. The van der Waals surface area contributed by atoms with Gasteiger partial charge in [-0.2, -0.15) is 0 Å². The fraction of sp³-hybridized carbons (Fsp3) is 0.278. The zero-order valence-electron chi connectivity index (χ0n) is 13.2. The summed E-state index contributed by atoms with van der Waals surface area (Å²) >= 11 is 0. The predicted octanol–water partition coefficient (Wildman–Crippen LogP) is 3.58. The first-order valence-corrected chi connectivity index (χ1v) is 7.50. The lowest BCUT2D eigenvalue weighted by Gasteiger charge is -2.21. The minimum atomic E-state index is -0.381. The number of hydrogen-bond donors (Lipinski definition) is 0. The molecule has 1 aliphatic rings. The number of nitro groups is 1. The van der Waals surface area contributed by atoms with Crippen LogP contribution in [-0.4, -0.2) is 23.8 Å². The van der Waals surface area contributed by atoms with Crippen molar-refractivity contribution in [3.05, 3.63) is 69.8 Å². The summed E-state index contributed by atoms with van der Waals surface area (Å²) in [7, 11) is 0. The molecule has 0 fully saturated rings. The van der Waals surface area contributed by atoms with Crippen molar-refractivity contribution in [3.63, 3.8) is 0 Å². The Hall–Kier alpha value is -2.69. The number of hydrogen-bond acceptors (Lipinski definition) is 4. The molecule has 0 N–H and O–H groups in total. The molecule has 0 saturated heterocycles. The Bertz CT molecular complexity index is 769. The van der Waals surface area contributed by atoms with Gasteiger partial charge in [-0.25, -0.2) is 0 Å². The fourth-order valence-corrected chi connectivity index (χ4v) is 3.13. The van der Waals surface area contributed by atoms with Crippen LogP contribution in [0.4, 0.5) is 11.4 Å². The van der Waals surface area contributed by atoms with Crippen molar-refractivity contribution in [1.82, 2.24) is 0 Å². The number of ketones is 1. The van der Waals surface area contributed by atoms with Crippen LogP contribution in [0.2, 0.25) is 0 Å². The van der Waals surface area contributed by atoms with E-state index in [0.717, 1.165) is 11.3 Å². The second-order valence-electron chi connectivity index (χ2n) is 6.49. The zero-order valence-corrected chi connectivity index (χ0v) is 13.2. The molecule has 5 heteroatoms. The standard InChI is InChI=1S/C18H18N2O3/c1-18(2)12-19(11-17(21)13-6-4-3-5-7-13)16-9-8-14(20(22)23)10-15(16)18/h3-10H,11-12H2,1-2H3. The third-order valence-corrected chi connectivity index (χ3v) is 4.28. The number of carbonyl (C=O) groups excluding carboxylic acids is 1. The van der Waals surface area contributed by atoms with Gasteiger partial charge in [-0.05, 0) is 11.6 Å². The Morgan fingerprint density at radius 3 is 2.57 bits per heavy atom. The third-order valence-electron chi connectivity index (χ3n) is 4.28. The average Bonchev–Trinajstić information content (AvgIpc) is 2.78. The van der Waals surface area contributed by atoms with Gasteiger partial charge in [0.1, 0.15) is 0 Å². The second-order valence-corrected chi connectivity index (χ2v) is 6.49. The molecular weight excluding hydrogens is 292 g/mol. The van der Waals surface area contributed by atoms with Crippen molar-refractivity contribution in [1.29, 1.82) is 0 Å². The average molecular weight is 310 g/mol. The van der Waals surface area contributed by atoms with Gasteiger partial charge in [-0.15, -0.1) is 0 Å². The number of nitrogens with zero attached hydrogens (tertiary/aromatic N) is 2. The van der Waals surface area contributed by atoms with E-state index in [1.807, 2.05) is 36.9 Å². The lowest BCUT2D eigenvalue weighted by molar-refractivity contribution is -0.384. The topological polar surface area (TPSA) is 63.5 Å². The van der Waals surface area contributed by atoms with E-state index in [4.69, 9.17) is 0 Å². The highest BCUT2D eigenvalue weighted by molar-refractivity contribution is 5.99. The Balaban J connectivity index is 1.90. The van der Waals surface area contributed by atoms with E-state index >= 15 is 0 Å². The van der Waals surface area contributed by atoms with Crippen LogP contribution in [-0.2, 0) is 5.41 Å². The summed E-state index contributed by atoms with van der Waals surface area (Å²) in [6.07, 6.45) is 0. The lowest BCUT2D eigenvalue weighted by atomic mass is 9.87. The molecule has 3 rings (SSSR count). The largest absolute Gasteiger partial charge is 0.363 e. The fourth-order valence-electron chi connectivity index (χ4n) is 3.13. The van der Waals surface area contributed by atoms with Gasteiger partial charge in [-0.1, -0.05) is 44.2 Å². The monoisotopic (exact) mass is 310 g/mol. The number of non-ortho nitro benzene ring substituents is 1. The third kappa shape index (κ3) is 2.82. The quantitative estimate of drug-likeness (QED) is 0.492. The molecule has 1 heterocycles. The van der Waals surface area contributed by atoms with Crippen LogP contribution in [0.1, 0.15) is 29.8 Å². The van der Waals surface area contributed by atoms with Gasteiger partial charge < -0.3 is 4.90 Å². The molecule has 118 valence electrons. The van der Waals surface area contributed by atoms with Gasteiger partial charge in [-0.3, -0.25) is 14.9 Å². The molecule has 0 saturated carbocycles. The normalized spacial score (nSPS) is 15.3. The summed E-state index contributed by atoms with van der Waals surface area (Å²) in [6, 6.07) is 14.1. The van der Waals surface area contributed by atoms with Crippen molar-refractivity contribution in [3.8, 4) is 0 Å². The molecule has 0 spiro atoms. The van der Waals surface area contributed by atoms with Crippen LogP contribution in [0, 0.1) is 10.1 Å². The molecule has 0 radical (unpaired) electrons. The van der Waals surface area contributed by atoms with Gasteiger partial charge >= 0.3 is 0 Å². The van der Waals surface area contributed by atoms with Crippen molar-refractivity contribution in [2.45, 2.75) is 19.3 Å². The number of rotatable bonds is 4. The Kier molecular flexibility index (Phi) is 3.64. The van der Waals surface area contributed by atoms with Gasteiger partial charge in [0.25, 0.3) is 5.69 Å². The Morgan fingerprint density at radius 2 is 1.91 bits per heavy atom. The molecule has 0 atom stereocenters. The van der Waals surface area contributed by atoms with Crippen molar-refractivity contribution in [2.75, 3.05) is 18.0 Å². The molecule has 2 aromatic rings. The van der Waals surface area contributed by atoms with Crippen molar-refractivity contribution < 1.29 is 9.72 Å². The zero-order chi connectivity index (χ0) is 16.6. The van der Waals surface area contributed by atoms with E-state index in [1.165, 1.54) is 6.07 Å². The smallest absolute Gasteiger partial charge is 0.269 e. The molecular formula is C18H18N2O3. The van der Waals surface area contributed by atoms with E-state index in [1.54, 1.807) is 24.3 Å². The first-order chi connectivity index (χ1) is 10.9. The molecule has 0 amide bonds. The number of carbonyl (C=O) groups is 1. The highest BCUT2D eigenvalue weighted by atomic mass is 16.6. The minimum Gasteiger partial charge on any atom is -0.363 e. The molecule has 5 nitrogen and oxygen atoms in total. The van der Waals surface area contributed by atoms with Crippen molar-refractivity contribution in [2.24, 2.45) is 0 Å². The first kappa shape index (κ1) is 15.2. The van der Waals surface area contributed by atoms with Crippen LogP contribution in [0.15, 0.2) is 48.5 Å². The van der Waals surface area contributed by atoms with Crippen LogP contribution >= 0.6 is 0 Å². The SMILES string of the molecule is CC1(C)CN(CC(=O)c2ccccc2)c2ccc([N+](=O)[O-])cc21. The molecule has 23 heavy (non-hydrogen) atoms. The summed E-state index contributed by atoms with van der Waals surface area (Å²) in [6.45, 7) is 5.03. The van der Waals surface area contributed by atoms with Gasteiger partial charge in [0.05, 0.1) is 11.5 Å². The van der Waals surface area contributed by atoms with E-state index < -0.39 is 0 Å². The summed E-state index contributed by atoms with van der Waals surface area (Å²) in [5.41, 5.74) is 2.38. The van der Waals surface area contributed by atoms with E-state index in [0.29, 0.717) is 12.1 Å². The lowest BCUT2D eigenvalue weighted by Crippen LogP contribution is -2.32. The summed E-state index contributed by atoms with van der Waals surface area (Å²) in [5, 5.41) is 11.0. The van der Waals surface area contributed by atoms with Gasteiger partial charge in [0.2, 0.25) is 0 Å². The van der Waals surface area contributed by atoms with E-state index in [2.05, 4.69) is 0 Å². The molecule has 0 aromatic heterocycles. The number of nitro benzene ring substituents is 1. The highest BCUT2D eigenvalue weighted by Gasteiger charge is 2.37. The summed E-state index contributed by atoms with van der Waals surface area (Å²) < 4.78 is 0. The highest BCUT2D eigenvalue weighted by Crippen LogP contribution is 2.42. The number of anilines is 1. The van der Waals surface area contributed by atoms with Gasteiger partial charge in [0.15, 0.2) is 5.78 Å². The summed E-state index contributed by atoms with van der Waals surface area (Å²) in [5.74, 6) is 0.0487. The number of fused-ring (bicyclic) bond motifs is 1. The molecule has 0 bridgehead atoms. The number of benzene rings is 2. The van der Waals surface area contributed by atoms with Crippen LogP contribution in [0.3, 0.4) is 0 Å². The number of Topliss-reactive ketones (excluding diaryl/α,β-unsaturated/α-hetero) is 1. The maximum Gasteiger partial charge on any atom is 0.269 e. The molecule has 2 aromatic carbocycles. The minimum absolute atomic E-state index is 0.0487. The Labute approximate surface area is 134 Å². The maximum absolute atomic E-state index is 12.4. The van der Waals surface area contributed by atoms with Gasteiger partial charge in [0, 0.05) is 35.3 Å². The Morgan fingerprint density at radius 1 is 1.22 bits per heavy atom. The molecule has 0 aliphatic carbocycles. The van der Waals surface area contributed by atoms with Crippen LogP contribution in [0.25, 0.3) is 0 Å². The molecule has 0 unspecified atom stereocenters. The van der Waals surface area contributed by atoms with Crippen LogP contribution in [0.5, 0.6) is 0 Å². The maximum atomic E-state index is 12.4. The van der Waals surface area contributed by atoms with E-state index in [9.17, 15) is 14.9 Å². The van der Waals surface area contributed by atoms with Crippen LogP contribution < -0.4 is 4.90 Å².